The lowest BCUT2D eigenvalue weighted by atomic mass is 10.1. The minimum absolute atomic E-state index is 0. The minimum atomic E-state index is -0.234. The van der Waals surface area contributed by atoms with Crippen molar-refractivity contribution in [2.75, 3.05) is 18.9 Å². The molecule has 7 nitrogen and oxygen atoms in total. The van der Waals surface area contributed by atoms with Gasteiger partial charge in [0.25, 0.3) is 11.8 Å². The predicted molar refractivity (Wildman–Crippen MR) is 125 cm³/mol. The van der Waals surface area contributed by atoms with E-state index in [0.717, 1.165) is 35.6 Å². The summed E-state index contributed by atoms with van der Waals surface area (Å²) >= 11 is 7.45. The fourth-order valence-electron chi connectivity index (χ4n) is 3.37. The van der Waals surface area contributed by atoms with Gasteiger partial charge in [0, 0.05) is 43.7 Å². The fraction of sp³-hybridized carbons (Fsp3) is 0.286. The van der Waals surface area contributed by atoms with Crippen LogP contribution in [0.4, 0.5) is 5.69 Å². The highest BCUT2D eigenvalue weighted by Crippen LogP contribution is 2.25. The van der Waals surface area contributed by atoms with Crippen molar-refractivity contribution in [3.05, 3.63) is 68.4 Å². The highest BCUT2D eigenvalue weighted by molar-refractivity contribution is 7.13. The van der Waals surface area contributed by atoms with Gasteiger partial charge in [-0.15, -0.1) is 23.7 Å². The van der Waals surface area contributed by atoms with Gasteiger partial charge in [-0.1, -0.05) is 29.8 Å². The molecule has 0 fully saturated rings. The average molecular weight is 480 g/mol. The molecule has 0 saturated carbocycles. The number of rotatable bonds is 5. The van der Waals surface area contributed by atoms with Crippen LogP contribution < -0.4 is 10.6 Å². The summed E-state index contributed by atoms with van der Waals surface area (Å²) in [4.78, 5) is 33.1. The van der Waals surface area contributed by atoms with Crippen LogP contribution >= 0.6 is 35.3 Å². The number of hydrogen-bond acceptors (Lipinski definition) is 5. The zero-order valence-electron chi connectivity index (χ0n) is 17.1. The Morgan fingerprint density at radius 3 is 2.68 bits per heavy atom. The molecule has 4 rings (SSSR count). The highest BCUT2D eigenvalue weighted by atomic mass is 35.5. The number of likely N-dealkylation sites (N-methyl/N-ethyl adjacent to an activating group) is 1. The summed E-state index contributed by atoms with van der Waals surface area (Å²) < 4.78 is 1.62. The van der Waals surface area contributed by atoms with Gasteiger partial charge in [0.1, 0.15) is 10.8 Å². The number of fused-ring (bicyclic) bond motifs is 1. The van der Waals surface area contributed by atoms with Crippen molar-refractivity contribution in [1.82, 2.24) is 19.8 Å². The Balaban J connectivity index is 0.00000272. The van der Waals surface area contributed by atoms with Crippen LogP contribution in [0.3, 0.4) is 0 Å². The molecule has 0 spiro atoms. The van der Waals surface area contributed by atoms with Gasteiger partial charge in [-0.3, -0.25) is 9.59 Å². The topological polar surface area (TPSA) is 79.3 Å². The molecule has 1 aromatic carbocycles. The van der Waals surface area contributed by atoms with Gasteiger partial charge < -0.3 is 20.1 Å². The Labute approximate surface area is 195 Å². The van der Waals surface area contributed by atoms with Gasteiger partial charge in [0.15, 0.2) is 5.01 Å². The number of hydrogen-bond donors (Lipinski definition) is 2. The first-order valence-electron chi connectivity index (χ1n) is 9.58. The molecule has 3 aromatic rings. The molecule has 164 valence electrons. The maximum atomic E-state index is 12.8. The molecule has 1 aliphatic heterocycles. The van der Waals surface area contributed by atoms with Crippen LogP contribution in [-0.2, 0) is 26.6 Å². The van der Waals surface area contributed by atoms with Crippen LogP contribution in [0.25, 0.3) is 0 Å². The lowest BCUT2D eigenvalue weighted by Gasteiger charge is -2.20. The minimum Gasteiger partial charge on any atom is -0.347 e. The van der Waals surface area contributed by atoms with E-state index in [1.165, 1.54) is 11.3 Å². The van der Waals surface area contributed by atoms with Crippen molar-refractivity contribution in [3.63, 3.8) is 0 Å². The largest absolute Gasteiger partial charge is 0.347 e. The predicted octanol–water partition coefficient (Wildman–Crippen LogP) is 3.73. The zero-order chi connectivity index (χ0) is 21.3. The smallest absolute Gasteiger partial charge is 0.284 e. The van der Waals surface area contributed by atoms with E-state index in [1.807, 2.05) is 24.3 Å². The van der Waals surface area contributed by atoms with Crippen LogP contribution in [0.1, 0.15) is 36.4 Å². The molecule has 1 aliphatic rings. The summed E-state index contributed by atoms with van der Waals surface area (Å²) in [6, 6.07) is 10.8. The third-order valence-electron chi connectivity index (χ3n) is 5.11. The SMILES string of the molecule is CN1CCc2nc(C(=O)Nc3ccccc3CNC(=O)c3ccc(Cl)n3C)sc2C1.Cl. The third-order valence-corrected chi connectivity index (χ3v) is 6.58. The molecule has 0 bridgehead atoms. The number of carbonyl (C=O) groups is 2. The van der Waals surface area contributed by atoms with Crippen molar-refractivity contribution in [2.24, 2.45) is 7.05 Å². The lowest BCUT2D eigenvalue weighted by molar-refractivity contribution is 0.0942. The fourth-order valence-corrected chi connectivity index (χ4v) is 4.61. The molecule has 0 saturated heterocycles. The van der Waals surface area contributed by atoms with E-state index in [0.29, 0.717) is 21.5 Å². The summed E-state index contributed by atoms with van der Waals surface area (Å²) in [5.74, 6) is -0.465. The van der Waals surface area contributed by atoms with Crippen molar-refractivity contribution in [1.29, 1.82) is 0 Å². The van der Waals surface area contributed by atoms with E-state index in [9.17, 15) is 9.59 Å². The van der Waals surface area contributed by atoms with Crippen LogP contribution in [0.5, 0.6) is 0 Å². The maximum Gasteiger partial charge on any atom is 0.284 e. The van der Waals surface area contributed by atoms with Gasteiger partial charge in [0.05, 0.1) is 5.69 Å². The van der Waals surface area contributed by atoms with Crippen LogP contribution in [0.2, 0.25) is 5.15 Å². The molecule has 0 aliphatic carbocycles. The molecule has 2 aromatic heterocycles. The second-order valence-electron chi connectivity index (χ2n) is 7.27. The standard InChI is InChI=1S/C21H22ClN5O2S.ClH/c1-26-10-9-15-17(12-26)30-21(25-15)20(29)24-14-6-4-3-5-13(14)11-23-19(28)16-7-8-18(22)27(16)2;/h3-8H,9-12H2,1-2H3,(H,23,28)(H,24,29);1H. The molecule has 0 radical (unpaired) electrons. The Kier molecular flexibility index (Phi) is 7.38. The van der Waals surface area contributed by atoms with Crippen molar-refractivity contribution < 1.29 is 9.59 Å². The maximum absolute atomic E-state index is 12.8. The zero-order valence-corrected chi connectivity index (χ0v) is 19.5. The first kappa shape index (κ1) is 23.3. The second-order valence-corrected chi connectivity index (χ2v) is 8.74. The van der Waals surface area contributed by atoms with Gasteiger partial charge in [0.2, 0.25) is 0 Å². The summed E-state index contributed by atoms with van der Waals surface area (Å²) in [6.45, 7) is 2.05. The summed E-state index contributed by atoms with van der Waals surface area (Å²) in [5, 5.41) is 6.78. The molecule has 31 heavy (non-hydrogen) atoms. The van der Waals surface area contributed by atoms with Crippen molar-refractivity contribution in [2.45, 2.75) is 19.5 Å². The normalized spacial score (nSPS) is 13.3. The third kappa shape index (κ3) is 5.10. The van der Waals surface area contributed by atoms with Gasteiger partial charge in [-0.2, -0.15) is 0 Å². The first-order chi connectivity index (χ1) is 14.4. The highest BCUT2D eigenvalue weighted by Gasteiger charge is 2.22. The monoisotopic (exact) mass is 479 g/mol. The number of nitrogens with zero attached hydrogens (tertiary/aromatic N) is 3. The first-order valence-corrected chi connectivity index (χ1v) is 10.8. The molecular formula is C21H23Cl2N5O2S. The van der Waals surface area contributed by atoms with Crippen LogP contribution in [0, 0.1) is 0 Å². The Bertz CT molecular complexity index is 1110. The van der Waals surface area contributed by atoms with Crippen molar-refractivity contribution in [3.8, 4) is 0 Å². The Morgan fingerprint density at radius 2 is 1.94 bits per heavy atom. The number of benzene rings is 1. The number of anilines is 1. The van der Waals surface area contributed by atoms with E-state index >= 15 is 0 Å². The molecule has 0 atom stereocenters. The van der Waals surface area contributed by atoms with Gasteiger partial charge in [-0.05, 0) is 30.8 Å². The second kappa shape index (κ2) is 9.82. The summed E-state index contributed by atoms with van der Waals surface area (Å²) in [6.07, 6.45) is 0.863. The Morgan fingerprint density at radius 1 is 1.16 bits per heavy atom. The van der Waals surface area contributed by atoms with E-state index in [2.05, 4.69) is 27.6 Å². The lowest BCUT2D eigenvalue weighted by Crippen LogP contribution is -2.25. The number of aromatic nitrogens is 2. The van der Waals surface area contributed by atoms with E-state index in [1.54, 1.807) is 23.7 Å². The number of carbonyl (C=O) groups excluding carboxylic acids is 2. The molecule has 0 unspecified atom stereocenters. The van der Waals surface area contributed by atoms with E-state index in [4.69, 9.17) is 11.6 Å². The van der Waals surface area contributed by atoms with Crippen LogP contribution in [0.15, 0.2) is 36.4 Å². The number of nitrogens with one attached hydrogen (secondary N) is 2. The molecule has 2 N–H and O–H groups in total. The number of halogens is 2. The van der Waals surface area contributed by atoms with E-state index in [-0.39, 0.29) is 30.8 Å². The summed E-state index contributed by atoms with van der Waals surface area (Å²) in [7, 11) is 3.80. The van der Waals surface area contributed by atoms with Gasteiger partial charge >= 0.3 is 0 Å². The quantitative estimate of drug-likeness (QED) is 0.584. The molecule has 3 heterocycles. The molecule has 2 amide bonds. The van der Waals surface area contributed by atoms with Gasteiger partial charge in [-0.25, -0.2) is 4.98 Å². The molecular weight excluding hydrogens is 457 g/mol. The average Bonchev–Trinajstić information content (AvgIpc) is 3.30. The number of para-hydroxylation sites is 1. The number of amides is 2. The summed E-state index contributed by atoms with van der Waals surface area (Å²) in [5.41, 5.74) is 2.95. The number of thiazole rings is 1. The van der Waals surface area contributed by atoms with Crippen LogP contribution in [-0.4, -0.2) is 39.9 Å². The van der Waals surface area contributed by atoms with Crippen molar-refractivity contribution >= 4 is 52.8 Å². The molecule has 10 heteroatoms. The van der Waals surface area contributed by atoms with E-state index < -0.39 is 0 Å². The Hall–Kier alpha value is -2.39.